The molecule has 0 amide bonds. The monoisotopic (exact) mass is 271 g/mol. The van der Waals surface area contributed by atoms with Crippen molar-refractivity contribution in [1.82, 2.24) is 5.32 Å². The Labute approximate surface area is 118 Å². The van der Waals surface area contributed by atoms with Gasteiger partial charge in [0.2, 0.25) is 0 Å². The zero-order valence-electron chi connectivity index (χ0n) is 11.5. The molecule has 0 radical (unpaired) electrons. The van der Waals surface area contributed by atoms with Crippen molar-refractivity contribution in [3.8, 4) is 5.75 Å². The molecule has 0 aromatic heterocycles. The number of ether oxygens (including phenoxy) is 1. The fourth-order valence-corrected chi connectivity index (χ4v) is 2.81. The van der Waals surface area contributed by atoms with Gasteiger partial charge in [-0.3, -0.25) is 0 Å². The first-order chi connectivity index (χ1) is 9.76. The molecule has 1 aliphatic rings. The van der Waals surface area contributed by atoms with Crippen molar-refractivity contribution in [2.24, 2.45) is 0 Å². The van der Waals surface area contributed by atoms with Crippen molar-refractivity contribution < 1.29 is 9.13 Å². The van der Waals surface area contributed by atoms with E-state index in [-0.39, 0.29) is 5.82 Å². The molecule has 0 fully saturated rings. The Morgan fingerprint density at radius 3 is 2.95 bits per heavy atom. The van der Waals surface area contributed by atoms with E-state index < -0.39 is 0 Å². The van der Waals surface area contributed by atoms with Crippen LogP contribution in [0.25, 0.3) is 0 Å². The van der Waals surface area contributed by atoms with Gasteiger partial charge in [-0.1, -0.05) is 18.2 Å². The summed E-state index contributed by atoms with van der Waals surface area (Å²) in [5.41, 5.74) is 3.66. The fourth-order valence-electron chi connectivity index (χ4n) is 2.81. The van der Waals surface area contributed by atoms with Crippen LogP contribution in [0.5, 0.6) is 5.75 Å². The highest BCUT2D eigenvalue weighted by Crippen LogP contribution is 2.33. The lowest BCUT2D eigenvalue weighted by atomic mass is 10.1. The average molecular weight is 271 g/mol. The molecule has 1 N–H and O–H groups in total. The van der Waals surface area contributed by atoms with Gasteiger partial charge in [0, 0.05) is 12.6 Å². The first-order valence-corrected chi connectivity index (χ1v) is 6.91. The molecule has 0 bridgehead atoms. The van der Waals surface area contributed by atoms with Crippen LogP contribution in [0.15, 0.2) is 42.5 Å². The van der Waals surface area contributed by atoms with Gasteiger partial charge >= 0.3 is 0 Å². The van der Waals surface area contributed by atoms with E-state index in [0.717, 1.165) is 24.2 Å². The highest BCUT2D eigenvalue weighted by molar-refractivity contribution is 5.40. The van der Waals surface area contributed by atoms with E-state index in [1.165, 1.54) is 17.2 Å². The highest BCUT2D eigenvalue weighted by Gasteiger charge is 2.22. The summed E-state index contributed by atoms with van der Waals surface area (Å²) >= 11 is 0. The molecule has 20 heavy (non-hydrogen) atoms. The molecule has 0 aliphatic heterocycles. The Hall–Kier alpha value is -1.87. The minimum Gasteiger partial charge on any atom is -0.497 e. The molecule has 2 aromatic carbocycles. The fraction of sp³-hybridized carbons (Fsp3) is 0.294. The van der Waals surface area contributed by atoms with Crippen LogP contribution in [0, 0.1) is 5.82 Å². The van der Waals surface area contributed by atoms with E-state index >= 15 is 0 Å². The third kappa shape index (κ3) is 2.68. The van der Waals surface area contributed by atoms with Gasteiger partial charge in [0.1, 0.15) is 11.6 Å². The van der Waals surface area contributed by atoms with E-state index in [1.807, 2.05) is 12.1 Å². The van der Waals surface area contributed by atoms with Gasteiger partial charge in [0.25, 0.3) is 0 Å². The number of hydrogen-bond acceptors (Lipinski definition) is 2. The number of benzene rings is 2. The number of fused-ring (bicyclic) bond motifs is 1. The zero-order chi connectivity index (χ0) is 13.9. The molecule has 2 aromatic rings. The lowest BCUT2D eigenvalue weighted by molar-refractivity contribution is 0.413. The molecule has 3 rings (SSSR count). The van der Waals surface area contributed by atoms with Gasteiger partial charge in [-0.25, -0.2) is 4.39 Å². The smallest absolute Gasteiger partial charge is 0.123 e. The van der Waals surface area contributed by atoms with Crippen LogP contribution in [0.1, 0.15) is 29.2 Å². The SMILES string of the molecule is COc1ccc2c(c1)C(NCc1cccc(F)c1)CC2. The summed E-state index contributed by atoms with van der Waals surface area (Å²) in [4.78, 5) is 0. The van der Waals surface area contributed by atoms with Gasteiger partial charge in [-0.2, -0.15) is 0 Å². The third-order valence-corrected chi connectivity index (χ3v) is 3.87. The molecular formula is C17H18FNO. The van der Waals surface area contributed by atoms with Crippen molar-refractivity contribution in [1.29, 1.82) is 0 Å². The van der Waals surface area contributed by atoms with Crippen LogP contribution in [0.4, 0.5) is 4.39 Å². The van der Waals surface area contributed by atoms with Gasteiger partial charge in [-0.15, -0.1) is 0 Å². The summed E-state index contributed by atoms with van der Waals surface area (Å²) in [6.45, 7) is 0.680. The molecule has 0 saturated carbocycles. The van der Waals surface area contributed by atoms with Crippen LogP contribution >= 0.6 is 0 Å². The predicted molar refractivity (Wildman–Crippen MR) is 77.3 cm³/mol. The molecule has 1 atom stereocenters. The van der Waals surface area contributed by atoms with Gasteiger partial charge in [0.15, 0.2) is 0 Å². The summed E-state index contributed by atoms with van der Waals surface area (Å²) in [7, 11) is 1.69. The van der Waals surface area contributed by atoms with E-state index in [9.17, 15) is 4.39 Å². The molecule has 1 unspecified atom stereocenters. The summed E-state index contributed by atoms with van der Waals surface area (Å²) in [5, 5.41) is 3.51. The number of methoxy groups -OCH3 is 1. The average Bonchev–Trinajstić information content (AvgIpc) is 2.87. The molecule has 1 aliphatic carbocycles. The van der Waals surface area contributed by atoms with Crippen LogP contribution in [0.3, 0.4) is 0 Å². The maximum atomic E-state index is 13.2. The van der Waals surface area contributed by atoms with Crippen molar-refractivity contribution in [3.63, 3.8) is 0 Å². The van der Waals surface area contributed by atoms with Crippen LogP contribution < -0.4 is 10.1 Å². The summed E-state index contributed by atoms with van der Waals surface area (Å²) in [6.07, 6.45) is 2.16. The number of aryl methyl sites for hydroxylation is 1. The largest absolute Gasteiger partial charge is 0.497 e. The lowest BCUT2D eigenvalue weighted by Crippen LogP contribution is -2.18. The van der Waals surface area contributed by atoms with E-state index in [4.69, 9.17) is 4.74 Å². The van der Waals surface area contributed by atoms with Crippen LogP contribution in [-0.2, 0) is 13.0 Å². The second-order valence-corrected chi connectivity index (χ2v) is 5.17. The van der Waals surface area contributed by atoms with E-state index in [0.29, 0.717) is 12.6 Å². The lowest BCUT2D eigenvalue weighted by Gasteiger charge is -2.15. The van der Waals surface area contributed by atoms with Crippen molar-refractivity contribution in [2.75, 3.05) is 7.11 Å². The van der Waals surface area contributed by atoms with Crippen molar-refractivity contribution >= 4 is 0 Å². The third-order valence-electron chi connectivity index (χ3n) is 3.87. The van der Waals surface area contributed by atoms with Crippen LogP contribution in [0.2, 0.25) is 0 Å². The standard InChI is InChI=1S/C17H18FNO/c1-20-15-7-5-13-6-8-17(16(13)10-15)19-11-12-3-2-4-14(18)9-12/h2-5,7,9-10,17,19H,6,8,11H2,1H3. The first-order valence-electron chi connectivity index (χ1n) is 6.91. The Morgan fingerprint density at radius 1 is 1.25 bits per heavy atom. The molecular weight excluding hydrogens is 253 g/mol. The highest BCUT2D eigenvalue weighted by atomic mass is 19.1. The first kappa shape index (κ1) is 13.1. The Kier molecular flexibility index (Phi) is 3.70. The molecule has 3 heteroatoms. The Balaban J connectivity index is 1.72. The number of rotatable bonds is 4. The summed E-state index contributed by atoms with van der Waals surface area (Å²) in [5.74, 6) is 0.709. The Morgan fingerprint density at radius 2 is 2.15 bits per heavy atom. The molecule has 0 heterocycles. The van der Waals surface area contributed by atoms with Gasteiger partial charge in [-0.05, 0) is 53.8 Å². The predicted octanol–water partition coefficient (Wildman–Crippen LogP) is 3.61. The molecule has 0 spiro atoms. The second-order valence-electron chi connectivity index (χ2n) is 5.17. The van der Waals surface area contributed by atoms with E-state index in [1.54, 1.807) is 19.2 Å². The van der Waals surface area contributed by atoms with Crippen LogP contribution in [-0.4, -0.2) is 7.11 Å². The summed E-state index contributed by atoms with van der Waals surface area (Å²) in [6, 6.07) is 13.3. The molecule has 0 saturated heterocycles. The number of nitrogens with one attached hydrogen (secondary N) is 1. The minimum atomic E-state index is -0.183. The zero-order valence-corrected chi connectivity index (χ0v) is 11.5. The number of hydrogen-bond donors (Lipinski definition) is 1. The van der Waals surface area contributed by atoms with Crippen molar-refractivity contribution in [2.45, 2.75) is 25.4 Å². The maximum absolute atomic E-state index is 13.2. The van der Waals surface area contributed by atoms with Crippen molar-refractivity contribution in [3.05, 3.63) is 65.0 Å². The topological polar surface area (TPSA) is 21.3 Å². The van der Waals surface area contributed by atoms with Gasteiger partial charge < -0.3 is 10.1 Å². The minimum absolute atomic E-state index is 0.183. The molecule has 2 nitrogen and oxygen atoms in total. The normalized spacial score (nSPS) is 17.0. The van der Waals surface area contributed by atoms with Gasteiger partial charge in [0.05, 0.1) is 7.11 Å². The molecule has 104 valence electrons. The Bertz CT molecular complexity index is 612. The number of halogens is 1. The quantitative estimate of drug-likeness (QED) is 0.917. The summed E-state index contributed by atoms with van der Waals surface area (Å²) < 4.78 is 18.5. The maximum Gasteiger partial charge on any atom is 0.123 e. The van der Waals surface area contributed by atoms with E-state index in [2.05, 4.69) is 17.4 Å². The second kappa shape index (κ2) is 5.63.